The molecule has 1 heterocycles. The lowest BCUT2D eigenvalue weighted by atomic mass is 9.93. The van der Waals surface area contributed by atoms with E-state index in [1.54, 1.807) is 0 Å². The van der Waals surface area contributed by atoms with Gasteiger partial charge < -0.3 is 9.64 Å². The quantitative estimate of drug-likeness (QED) is 0.641. The minimum atomic E-state index is 0.661. The van der Waals surface area contributed by atoms with Gasteiger partial charge in [0.1, 0.15) is 0 Å². The van der Waals surface area contributed by atoms with E-state index < -0.39 is 0 Å². The van der Waals surface area contributed by atoms with Crippen molar-refractivity contribution in [1.29, 1.82) is 0 Å². The van der Waals surface area contributed by atoms with E-state index in [1.807, 2.05) is 0 Å². The van der Waals surface area contributed by atoms with Crippen LogP contribution in [0.3, 0.4) is 0 Å². The van der Waals surface area contributed by atoms with Gasteiger partial charge in [0.05, 0.1) is 6.61 Å². The molecule has 2 atom stereocenters. The second-order valence-corrected chi connectivity index (χ2v) is 3.92. The largest absolute Gasteiger partial charge is 0.380 e. The summed E-state index contributed by atoms with van der Waals surface area (Å²) in [6.45, 7) is 7.40. The molecule has 0 bridgehead atoms. The minimum absolute atomic E-state index is 0.661. The van der Waals surface area contributed by atoms with Crippen LogP contribution in [0, 0.1) is 5.92 Å². The number of rotatable bonds is 3. The first kappa shape index (κ1) is 10.0. The van der Waals surface area contributed by atoms with E-state index in [-0.39, 0.29) is 0 Å². The van der Waals surface area contributed by atoms with Crippen LogP contribution in [0.25, 0.3) is 0 Å². The SMILES string of the molecule is CCOCC1CC(C)CCN1C. The molecule has 0 N–H and O–H groups in total. The molecule has 1 aliphatic heterocycles. The van der Waals surface area contributed by atoms with Crippen molar-refractivity contribution < 1.29 is 4.74 Å². The molecule has 1 saturated heterocycles. The minimum Gasteiger partial charge on any atom is -0.380 e. The molecule has 72 valence electrons. The lowest BCUT2D eigenvalue weighted by Gasteiger charge is -2.35. The average Bonchev–Trinajstić information content (AvgIpc) is 2.07. The van der Waals surface area contributed by atoms with Crippen LogP contribution in [-0.4, -0.2) is 37.7 Å². The van der Waals surface area contributed by atoms with Crippen molar-refractivity contribution in [2.75, 3.05) is 26.8 Å². The number of ether oxygens (including phenoxy) is 1. The van der Waals surface area contributed by atoms with Crippen molar-refractivity contribution in [3.8, 4) is 0 Å². The maximum absolute atomic E-state index is 5.45. The van der Waals surface area contributed by atoms with Gasteiger partial charge in [-0.25, -0.2) is 0 Å². The van der Waals surface area contributed by atoms with Gasteiger partial charge in [0.15, 0.2) is 0 Å². The molecule has 0 radical (unpaired) electrons. The zero-order valence-corrected chi connectivity index (χ0v) is 8.55. The summed E-state index contributed by atoms with van der Waals surface area (Å²) in [5.74, 6) is 0.881. The molecule has 0 aromatic rings. The van der Waals surface area contributed by atoms with Crippen molar-refractivity contribution in [3.05, 3.63) is 0 Å². The number of likely N-dealkylation sites (N-methyl/N-ethyl adjacent to an activating group) is 1. The third kappa shape index (κ3) is 2.76. The molecule has 0 aliphatic carbocycles. The fraction of sp³-hybridized carbons (Fsp3) is 1.00. The Bertz CT molecular complexity index is 127. The molecule has 2 unspecified atom stereocenters. The molecule has 2 nitrogen and oxygen atoms in total. The standard InChI is InChI=1S/C10H21NO/c1-4-12-8-10-7-9(2)5-6-11(10)3/h9-10H,4-8H2,1-3H3. The van der Waals surface area contributed by atoms with Crippen LogP contribution in [-0.2, 0) is 4.74 Å². The second kappa shape index (κ2) is 4.83. The second-order valence-electron chi connectivity index (χ2n) is 3.92. The summed E-state index contributed by atoms with van der Waals surface area (Å²) < 4.78 is 5.45. The van der Waals surface area contributed by atoms with Gasteiger partial charge in [0.25, 0.3) is 0 Å². The fourth-order valence-electron chi connectivity index (χ4n) is 1.82. The van der Waals surface area contributed by atoms with Crippen molar-refractivity contribution in [2.45, 2.75) is 32.7 Å². The highest BCUT2D eigenvalue weighted by Crippen LogP contribution is 2.20. The lowest BCUT2D eigenvalue weighted by Crippen LogP contribution is -2.42. The molecular weight excluding hydrogens is 150 g/mol. The van der Waals surface area contributed by atoms with E-state index in [2.05, 4.69) is 25.8 Å². The van der Waals surface area contributed by atoms with E-state index in [1.165, 1.54) is 19.4 Å². The van der Waals surface area contributed by atoms with Gasteiger partial charge in [-0.3, -0.25) is 0 Å². The topological polar surface area (TPSA) is 12.5 Å². The highest BCUT2D eigenvalue weighted by Gasteiger charge is 2.22. The summed E-state index contributed by atoms with van der Waals surface area (Å²) in [5.41, 5.74) is 0. The molecule has 2 heteroatoms. The molecular formula is C10H21NO. The van der Waals surface area contributed by atoms with Gasteiger partial charge in [-0.1, -0.05) is 6.92 Å². The molecule has 0 aromatic heterocycles. The average molecular weight is 171 g/mol. The summed E-state index contributed by atoms with van der Waals surface area (Å²) in [5, 5.41) is 0. The van der Waals surface area contributed by atoms with Crippen LogP contribution in [0.5, 0.6) is 0 Å². The zero-order valence-electron chi connectivity index (χ0n) is 8.55. The molecule has 0 saturated carbocycles. The molecule has 1 rings (SSSR count). The van der Waals surface area contributed by atoms with Crippen LogP contribution in [0.1, 0.15) is 26.7 Å². The summed E-state index contributed by atoms with van der Waals surface area (Å²) in [4.78, 5) is 2.43. The van der Waals surface area contributed by atoms with Gasteiger partial charge in [-0.05, 0) is 39.3 Å². The Morgan fingerprint density at radius 1 is 1.50 bits per heavy atom. The Labute approximate surface area is 75.9 Å². The molecule has 1 fully saturated rings. The molecule has 0 aromatic carbocycles. The third-order valence-electron chi connectivity index (χ3n) is 2.79. The number of nitrogens with zero attached hydrogens (tertiary/aromatic N) is 1. The van der Waals surface area contributed by atoms with Gasteiger partial charge >= 0.3 is 0 Å². The summed E-state index contributed by atoms with van der Waals surface area (Å²) >= 11 is 0. The van der Waals surface area contributed by atoms with E-state index in [0.717, 1.165) is 19.1 Å². The van der Waals surface area contributed by atoms with Gasteiger partial charge in [-0.15, -0.1) is 0 Å². The van der Waals surface area contributed by atoms with E-state index >= 15 is 0 Å². The normalized spacial score (nSPS) is 32.2. The fourth-order valence-corrected chi connectivity index (χ4v) is 1.82. The highest BCUT2D eigenvalue weighted by atomic mass is 16.5. The molecule has 0 amide bonds. The van der Waals surface area contributed by atoms with E-state index in [9.17, 15) is 0 Å². The number of piperidine rings is 1. The summed E-state index contributed by atoms with van der Waals surface area (Å²) in [6, 6.07) is 0.661. The first-order valence-corrected chi connectivity index (χ1v) is 5.02. The number of hydrogen-bond acceptors (Lipinski definition) is 2. The van der Waals surface area contributed by atoms with E-state index in [4.69, 9.17) is 4.74 Å². The lowest BCUT2D eigenvalue weighted by molar-refractivity contribution is 0.0461. The first-order chi connectivity index (χ1) is 5.74. The maximum Gasteiger partial charge on any atom is 0.0621 e. The van der Waals surface area contributed by atoms with E-state index in [0.29, 0.717) is 6.04 Å². The van der Waals surface area contributed by atoms with Crippen LogP contribution in [0.15, 0.2) is 0 Å². The zero-order chi connectivity index (χ0) is 8.97. The predicted octanol–water partition coefficient (Wildman–Crippen LogP) is 1.75. The monoisotopic (exact) mass is 171 g/mol. The highest BCUT2D eigenvalue weighted by molar-refractivity contribution is 4.77. The maximum atomic E-state index is 5.45. The summed E-state index contributed by atoms with van der Waals surface area (Å²) in [7, 11) is 2.20. The Kier molecular flexibility index (Phi) is 4.02. The van der Waals surface area contributed by atoms with Crippen LogP contribution in [0.4, 0.5) is 0 Å². The van der Waals surface area contributed by atoms with Gasteiger partial charge in [-0.2, -0.15) is 0 Å². The molecule has 12 heavy (non-hydrogen) atoms. The van der Waals surface area contributed by atoms with Crippen molar-refractivity contribution >= 4 is 0 Å². The number of likely N-dealkylation sites (tertiary alicyclic amines) is 1. The van der Waals surface area contributed by atoms with Gasteiger partial charge in [0, 0.05) is 12.6 Å². The summed E-state index contributed by atoms with van der Waals surface area (Å²) in [6.07, 6.45) is 2.65. The first-order valence-electron chi connectivity index (χ1n) is 5.02. The Morgan fingerprint density at radius 2 is 2.25 bits per heavy atom. The number of hydrogen-bond donors (Lipinski definition) is 0. The third-order valence-corrected chi connectivity index (χ3v) is 2.79. The van der Waals surface area contributed by atoms with Crippen molar-refractivity contribution in [3.63, 3.8) is 0 Å². The van der Waals surface area contributed by atoms with Crippen molar-refractivity contribution in [2.24, 2.45) is 5.92 Å². The Morgan fingerprint density at radius 3 is 2.92 bits per heavy atom. The van der Waals surface area contributed by atoms with Gasteiger partial charge in [0.2, 0.25) is 0 Å². The Hall–Kier alpha value is -0.0800. The smallest absolute Gasteiger partial charge is 0.0621 e. The van der Waals surface area contributed by atoms with Crippen LogP contribution < -0.4 is 0 Å². The Balaban J connectivity index is 2.28. The van der Waals surface area contributed by atoms with Crippen molar-refractivity contribution in [1.82, 2.24) is 4.90 Å². The predicted molar refractivity (Wildman–Crippen MR) is 51.3 cm³/mol. The molecule has 0 spiro atoms. The molecule has 1 aliphatic rings. The van der Waals surface area contributed by atoms with Crippen LogP contribution >= 0.6 is 0 Å². The van der Waals surface area contributed by atoms with Crippen LogP contribution in [0.2, 0.25) is 0 Å².